The highest BCUT2D eigenvalue weighted by atomic mass is 16.3. The number of rotatable bonds is 5. The van der Waals surface area contributed by atoms with E-state index in [1.54, 1.807) is 13.8 Å². The Morgan fingerprint density at radius 1 is 1.37 bits per heavy atom. The van der Waals surface area contributed by atoms with Gasteiger partial charge in [0.1, 0.15) is 0 Å². The number of carbonyl (C=O) groups is 1. The van der Waals surface area contributed by atoms with Crippen molar-refractivity contribution in [2.75, 3.05) is 13.1 Å². The van der Waals surface area contributed by atoms with E-state index in [-0.39, 0.29) is 11.3 Å². The highest BCUT2D eigenvalue weighted by Gasteiger charge is 2.52. The summed E-state index contributed by atoms with van der Waals surface area (Å²) in [5.74, 6) is 1.52. The lowest BCUT2D eigenvalue weighted by molar-refractivity contribution is -0.139. The van der Waals surface area contributed by atoms with Crippen molar-refractivity contribution >= 4 is 5.91 Å². The van der Waals surface area contributed by atoms with Crippen LogP contribution in [-0.4, -0.2) is 34.6 Å². The number of aliphatic hydroxyl groups is 1. The van der Waals surface area contributed by atoms with Crippen LogP contribution in [0.25, 0.3) is 0 Å². The molecule has 0 radical (unpaired) electrons. The molecule has 1 heterocycles. The van der Waals surface area contributed by atoms with Gasteiger partial charge in [-0.2, -0.15) is 0 Å². The standard InChI is InChI=1S/C16H31NO2/c1-11(2)13-10-17(9-8-15(5,6)19)14(18)16(13,7)12(3)4/h11-13,19H,8-10H2,1-7H3. The molecule has 1 saturated heterocycles. The van der Waals surface area contributed by atoms with Gasteiger partial charge in [0.25, 0.3) is 0 Å². The van der Waals surface area contributed by atoms with E-state index in [1.165, 1.54) is 0 Å². The molecule has 0 aromatic carbocycles. The third-order valence-electron chi connectivity index (χ3n) is 4.93. The van der Waals surface area contributed by atoms with Crippen LogP contribution in [0.3, 0.4) is 0 Å². The second-order valence-electron chi connectivity index (χ2n) is 7.60. The van der Waals surface area contributed by atoms with Gasteiger partial charge in [0.2, 0.25) is 5.91 Å². The maximum atomic E-state index is 12.7. The van der Waals surface area contributed by atoms with Crippen molar-refractivity contribution in [2.45, 2.75) is 60.5 Å². The zero-order valence-electron chi connectivity index (χ0n) is 13.7. The minimum absolute atomic E-state index is 0.256. The highest BCUT2D eigenvalue weighted by Crippen LogP contribution is 2.46. The van der Waals surface area contributed by atoms with Crippen molar-refractivity contribution < 1.29 is 9.90 Å². The van der Waals surface area contributed by atoms with Crippen molar-refractivity contribution in [2.24, 2.45) is 23.2 Å². The van der Waals surface area contributed by atoms with Crippen molar-refractivity contribution in [1.29, 1.82) is 0 Å². The SMILES string of the molecule is CC(C)C1CN(CCC(C)(C)O)C(=O)C1(C)C(C)C. The molecule has 3 nitrogen and oxygen atoms in total. The summed E-state index contributed by atoms with van der Waals surface area (Å²) in [6, 6.07) is 0. The van der Waals surface area contributed by atoms with Crippen molar-refractivity contribution in [3.63, 3.8) is 0 Å². The number of carbonyl (C=O) groups excluding carboxylic acids is 1. The molecule has 0 saturated carbocycles. The normalized spacial score (nSPS) is 28.8. The predicted octanol–water partition coefficient (Wildman–Crippen LogP) is 2.92. The van der Waals surface area contributed by atoms with Crippen LogP contribution >= 0.6 is 0 Å². The van der Waals surface area contributed by atoms with E-state index < -0.39 is 5.60 Å². The summed E-state index contributed by atoms with van der Waals surface area (Å²) >= 11 is 0. The van der Waals surface area contributed by atoms with Crippen molar-refractivity contribution in [3.05, 3.63) is 0 Å². The van der Waals surface area contributed by atoms with E-state index in [2.05, 4.69) is 34.6 Å². The Bertz CT molecular complexity index is 330. The maximum Gasteiger partial charge on any atom is 0.229 e. The minimum atomic E-state index is -0.704. The molecule has 0 aliphatic carbocycles. The summed E-state index contributed by atoms with van der Waals surface area (Å²) < 4.78 is 0. The third-order valence-corrected chi connectivity index (χ3v) is 4.93. The largest absolute Gasteiger partial charge is 0.390 e. The lowest BCUT2D eigenvalue weighted by atomic mass is 9.67. The van der Waals surface area contributed by atoms with Gasteiger partial charge in [-0.05, 0) is 38.0 Å². The van der Waals surface area contributed by atoms with Gasteiger partial charge in [-0.3, -0.25) is 4.79 Å². The van der Waals surface area contributed by atoms with Crippen LogP contribution in [0.5, 0.6) is 0 Å². The predicted molar refractivity (Wildman–Crippen MR) is 78.8 cm³/mol. The van der Waals surface area contributed by atoms with Gasteiger partial charge in [-0.1, -0.05) is 34.6 Å². The minimum Gasteiger partial charge on any atom is -0.390 e. The van der Waals surface area contributed by atoms with Gasteiger partial charge in [-0.15, -0.1) is 0 Å². The molecule has 0 aromatic heterocycles. The summed E-state index contributed by atoms with van der Waals surface area (Å²) in [7, 11) is 0. The Labute approximate surface area is 118 Å². The molecule has 0 spiro atoms. The number of amides is 1. The lowest BCUT2D eigenvalue weighted by Gasteiger charge is -2.34. The molecule has 1 aliphatic heterocycles. The second-order valence-corrected chi connectivity index (χ2v) is 7.60. The number of nitrogens with zero attached hydrogens (tertiary/aromatic N) is 1. The van der Waals surface area contributed by atoms with Crippen molar-refractivity contribution in [3.8, 4) is 0 Å². The van der Waals surface area contributed by atoms with Gasteiger partial charge >= 0.3 is 0 Å². The first kappa shape index (κ1) is 16.5. The summed E-state index contributed by atoms with van der Waals surface area (Å²) in [6.07, 6.45) is 0.637. The summed E-state index contributed by atoms with van der Waals surface area (Å²) in [5.41, 5.74) is -0.960. The third kappa shape index (κ3) is 3.31. The molecule has 2 unspecified atom stereocenters. The van der Waals surface area contributed by atoms with Gasteiger partial charge in [0, 0.05) is 13.1 Å². The zero-order valence-corrected chi connectivity index (χ0v) is 13.7. The van der Waals surface area contributed by atoms with E-state index in [0.29, 0.717) is 30.7 Å². The average Bonchev–Trinajstić information content (AvgIpc) is 2.50. The Morgan fingerprint density at radius 3 is 2.21 bits per heavy atom. The van der Waals surface area contributed by atoms with Crippen LogP contribution in [0.2, 0.25) is 0 Å². The van der Waals surface area contributed by atoms with Gasteiger partial charge in [-0.25, -0.2) is 0 Å². The molecule has 19 heavy (non-hydrogen) atoms. The van der Waals surface area contributed by atoms with Gasteiger partial charge in [0.05, 0.1) is 11.0 Å². The Balaban J connectivity index is 2.88. The maximum absolute atomic E-state index is 12.7. The monoisotopic (exact) mass is 269 g/mol. The first-order chi connectivity index (χ1) is 8.50. The molecule has 0 aromatic rings. The number of likely N-dealkylation sites (tertiary alicyclic amines) is 1. The molecule has 3 heteroatoms. The molecular formula is C16H31NO2. The number of hydrogen-bond donors (Lipinski definition) is 1. The van der Waals surface area contributed by atoms with E-state index in [1.807, 2.05) is 4.90 Å². The van der Waals surface area contributed by atoms with E-state index >= 15 is 0 Å². The summed E-state index contributed by atoms with van der Waals surface area (Å²) in [4.78, 5) is 14.7. The van der Waals surface area contributed by atoms with Crippen LogP contribution < -0.4 is 0 Å². The summed E-state index contributed by atoms with van der Waals surface area (Å²) in [5, 5.41) is 9.84. The van der Waals surface area contributed by atoms with Gasteiger partial charge in [0.15, 0.2) is 0 Å². The summed E-state index contributed by atoms with van der Waals surface area (Å²) in [6.45, 7) is 15.9. The quantitative estimate of drug-likeness (QED) is 0.833. The Hall–Kier alpha value is -0.570. The van der Waals surface area contributed by atoms with Crippen LogP contribution in [0, 0.1) is 23.2 Å². The molecule has 1 amide bonds. The highest BCUT2D eigenvalue weighted by molar-refractivity contribution is 5.85. The lowest BCUT2D eigenvalue weighted by Crippen LogP contribution is -2.40. The van der Waals surface area contributed by atoms with Crippen LogP contribution in [0.4, 0.5) is 0 Å². The molecule has 1 fully saturated rings. The first-order valence-electron chi connectivity index (χ1n) is 7.52. The fourth-order valence-electron chi connectivity index (χ4n) is 3.19. The number of hydrogen-bond acceptors (Lipinski definition) is 2. The Kier molecular flexibility index (Phi) is 4.71. The molecule has 1 aliphatic rings. The van der Waals surface area contributed by atoms with E-state index in [4.69, 9.17) is 0 Å². The fraction of sp³-hybridized carbons (Fsp3) is 0.938. The second kappa shape index (κ2) is 5.43. The Morgan fingerprint density at radius 2 is 1.89 bits per heavy atom. The average molecular weight is 269 g/mol. The molecular weight excluding hydrogens is 238 g/mol. The molecule has 0 bridgehead atoms. The first-order valence-corrected chi connectivity index (χ1v) is 7.52. The smallest absolute Gasteiger partial charge is 0.229 e. The fourth-order valence-corrected chi connectivity index (χ4v) is 3.19. The molecule has 112 valence electrons. The van der Waals surface area contributed by atoms with Crippen LogP contribution in [0.1, 0.15) is 54.9 Å². The zero-order chi connectivity index (χ0) is 15.0. The van der Waals surface area contributed by atoms with Crippen LogP contribution in [-0.2, 0) is 4.79 Å². The van der Waals surface area contributed by atoms with Crippen LogP contribution in [0.15, 0.2) is 0 Å². The topological polar surface area (TPSA) is 40.5 Å². The molecule has 2 atom stereocenters. The molecule has 1 N–H and O–H groups in total. The van der Waals surface area contributed by atoms with Gasteiger partial charge < -0.3 is 10.0 Å². The van der Waals surface area contributed by atoms with E-state index in [9.17, 15) is 9.90 Å². The van der Waals surface area contributed by atoms with Crippen molar-refractivity contribution in [1.82, 2.24) is 4.90 Å². The molecule has 1 rings (SSSR count). The van der Waals surface area contributed by atoms with E-state index in [0.717, 1.165) is 6.54 Å².